The zero-order valence-corrected chi connectivity index (χ0v) is 32.1. The Bertz CT molecular complexity index is 3160. The smallest absolute Gasteiger partial charge is 0.164 e. The monoisotopic (exact) mass is 743 g/mol. The third-order valence-corrected chi connectivity index (χ3v) is 11.8. The molecule has 11 rings (SSSR count). The highest BCUT2D eigenvalue weighted by atomic mass is 16.3. The highest BCUT2D eigenvalue weighted by Crippen LogP contribution is 2.52. The normalized spacial score (nSPS) is 12.8. The summed E-state index contributed by atoms with van der Waals surface area (Å²) in [5.41, 5.74) is 16.2. The van der Waals surface area contributed by atoms with Gasteiger partial charge in [0.1, 0.15) is 11.2 Å². The lowest BCUT2D eigenvalue weighted by Gasteiger charge is -2.24. The fraction of sp³-hybridized carbons (Fsp3) is 0.0556. The summed E-state index contributed by atoms with van der Waals surface area (Å²) in [5.74, 6) is 1.87. The lowest BCUT2D eigenvalue weighted by atomic mass is 9.80. The third-order valence-electron chi connectivity index (χ3n) is 11.8. The lowest BCUT2D eigenvalue weighted by molar-refractivity contribution is 0.661. The molecule has 0 aliphatic heterocycles. The molecule has 8 aromatic carbocycles. The number of aromatic nitrogens is 3. The molecule has 0 radical (unpaired) electrons. The van der Waals surface area contributed by atoms with Crippen LogP contribution in [0.5, 0.6) is 0 Å². The molecule has 0 amide bonds. The van der Waals surface area contributed by atoms with Crippen molar-refractivity contribution in [1.82, 2.24) is 15.0 Å². The van der Waals surface area contributed by atoms with Crippen molar-refractivity contribution >= 4 is 21.9 Å². The van der Waals surface area contributed by atoms with Crippen LogP contribution in [0.2, 0.25) is 0 Å². The number of benzene rings is 8. The molecule has 0 saturated heterocycles. The van der Waals surface area contributed by atoms with Crippen molar-refractivity contribution in [3.63, 3.8) is 0 Å². The molecule has 2 aromatic heterocycles. The van der Waals surface area contributed by atoms with Crippen molar-refractivity contribution in [3.05, 3.63) is 199 Å². The predicted molar refractivity (Wildman–Crippen MR) is 237 cm³/mol. The molecule has 0 saturated carbocycles. The first kappa shape index (κ1) is 33.9. The van der Waals surface area contributed by atoms with E-state index in [0.29, 0.717) is 17.5 Å². The van der Waals surface area contributed by atoms with Gasteiger partial charge >= 0.3 is 0 Å². The van der Waals surface area contributed by atoms with Crippen LogP contribution in [0.25, 0.3) is 101 Å². The van der Waals surface area contributed by atoms with E-state index in [1.165, 1.54) is 38.9 Å². The molecular weight excluding hydrogens is 707 g/mol. The fourth-order valence-electron chi connectivity index (χ4n) is 8.91. The van der Waals surface area contributed by atoms with Gasteiger partial charge in [-0.25, -0.2) is 15.0 Å². The summed E-state index contributed by atoms with van der Waals surface area (Å²) in [7, 11) is 0. The number of rotatable bonds is 6. The van der Waals surface area contributed by atoms with Crippen LogP contribution < -0.4 is 0 Å². The molecule has 274 valence electrons. The van der Waals surface area contributed by atoms with Gasteiger partial charge in [0.25, 0.3) is 0 Å². The van der Waals surface area contributed by atoms with Crippen LogP contribution in [-0.2, 0) is 5.41 Å². The van der Waals surface area contributed by atoms with Crippen LogP contribution >= 0.6 is 0 Å². The Kier molecular flexibility index (Phi) is 7.80. The highest BCUT2D eigenvalue weighted by molar-refractivity contribution is 6.13. The van der Waals surface area contributed by atoms with Crippen LogP contribution in [0.4, 0.5) is 0 Å². The van der Waals surface area contributed by atoms with Crippen molar-refractivity contribution in [1.29, 1.82) is 0 Å². The Hall–Kier alpha value is -7.43. The first-order valence-electron chi connectivity index (χ1n) is 19.8. The summed E-state index contributed by atoms with van der Waals surface area (Å²) in [4.78, 5) is 15.7. The molecule has 1 aliphatic carbocycles. The number of hydrogen-bond donors (Lipinski definition) is 0. The zero-order chi connectivity index (χ0) is 38.8. The van der Waals surface area contributed by atoms with Crippen LogP contribution in [0.15, 0.2) is 192 Å². The van der Waals surface area contributed by atoms with E-state index in [1.807, 2.05) is 18.2 Å². The van der Waals surface area contributed by atoms with E-state index in [0.717, 1.165) is 55.3 Å². The van der Waals surface area contributed by atoms with E-state index in [2.05, 4.69) is 184 Å². The van der Waals surface area contributed by atoms with E-state index >= 15 is 0 Å². The van der Waals surface area contributed by atoms with Gasteiger partial charge in [0.15, 0.2) is 17.5 Å². The molecule has 0 N–H and O–H groups in total. The quantitative estimate of drug-likeness (QED) is 0.170. The Balaban J connectivity index is 1.05. The van der Waals surface area contributed by atoms with E-state index in [9.17, 15) is 0 Å². The predicted octanol–water partition coefficient (Wildman–Crippen LogP) is 14.1. The van der Waals surface area contributed by atoms with E-state index in [-0.39, 0.29) is 5.41 Å². The summed E-state index contributed by atoms with van der Waals surface area (Å²) in [6.45, 7) is 4.60. The third kappa shape index (κ3) is 5.56. The van der Waals surface area contributed by atoms with E-state index < -0.39 is 0 Å². The van der Waals surface area contributed by atoms with E-state index in [4.69, 9.17) is 19.4 Å². The standard InChI is InChI=1S/C54H37N3O/c1-54(2)46-21-10-9-17-42(46)43-19-11-20-45(50(43)54)53-56-51(39-29-25-37(26-30-39)35-15-7-4-8-16-35)55-52(57-53)40-31-32-44-48(33-40)58-47-22-12-18-41(49(44)47)38-27-23-36(24-28-38)34-13-5-3-6-14-34/h3-33H,1-2H3. The fourth-order valence-corrected chi connectivity index (χ4v) is 8.91. The van der Waals surface area contributed by atoms with Gasteiger partial charge in [-0.1, -0.05) is 184 Å². The SMILES string of the molecule is CC1(C)c2ccccc2-c2cccc(-c3nc(-c4ccc(-c5ccccc5)cc4)nc(-c4ccc5c(c4)oc4cccc(-c6ccc(-c7ccccc7)cc6)c45)n3)c21. The summed E-state index contributed by atoms with van der Waals surface area (Å²) in [5, 5.41) is 2.14. The maximum atomic E-state index is 6.61. The second kappa shape index (κ2) is 13.4. The Labute approximate surface area is 337 Å². The Morgan fingerprint density at radius 3 is 1.57 bits per heavy atom. The molecule has 0 bridgehead atoms. The van der Waals surface area contributed by atoms with Crippen LogP contribution in [0.3, 0.4) is 0 Å². The van der Waals surface area contributed by atoms with Gasteiger partial charge < -0.3 is 4.42 Å². The van der Waals surface area contributed by atoms with Crippen molar-refractivity contribution in [2.75, 3.05) is 0 Å². The molecule has 4 heteroatoms. The van der Waals surface area contributed by atoms with Gasteiger partial charge in [-0.15, -0.1) is 0 Å². The van der Waals surface area contributed by atoms with Gasteiger partial charge in [0, 0.05) is 32.9 Å². The van der Waals surface area contributed by atoms with Crippen molar-refractivity contribution in [3.8, 4) is 78.7 Å². The number of nitrogens with zero attached hydrogens (tertiary/aromatic N) is 3. The highest BCUT2D eigenvalue weighted by Gasteiger charge is 2.38. The average Bonchev–Trinajstić information content (AvgIpc) is 3.78. The first-order valence-corrected chi connectivity index (χ1v) is 19.8. The summed E-state index contributed by atoms with van der Waals surface area (Å²) < 4.78 is 6.61. The van der Waals surface area contributed by atoms with Crippen molar-refractivity contribution in [2.24, 2.45) is 0 Å². The van der Waals surface area contributed by atoms with Gasteiger partial charge in [-0.05, 0) is 73.8 Å². The summed E-state index contributed by atoms with van der Waals surface area (Å²) >= 11 is 0. The topological polar surface area (TPSA) is 51.8 Å². The zero-order valence-electron chi connectivity index (χ0n) is 32.1. The minimum Gasteiger partial charge on any atom is -0.456 e. The largest absolute Gasteiger partial charge is 0.456 e. The van der Waals surface area contributed by atoms with Gasteiger partial charge in [-0.2, -0.15) is 0 Å². The molecule has 4 nitrogen and oxygen atoms in total. The molecule has 2 heterocycles. The minimum atomic E-state index is -0.237. The summed E-state index contributed by atoms with van der Waals surface area (Å²) in [6, 6.07) is 66.0. The summed E-state index contributed by atoms with van der Waals surface area (Å²) in [6.07, 6.45) is 0. The molecular formula is C54H37N3O. The number of furan rings is 1. The molecule has 10 aromatic rings. The molecule has 0 atom stereocenters. The molecule has 58 heavy (non-hydrogen) atoms. The second-order valence-corrected chi connectivity index (χ2v) is 15.6. The lowest BCUT2D eigenvalue weighted by Crippen LogP contribution is -2.17. The van der Waals surface area contributed by atoms with Crippen LogP contribution in [0.1, 0.15) is 25.0 Å². The molecule has 0 fully saturated rings. The molecule has 0 unspecified atom stereocenters. The van der Waals surface area contributed by atoms with Crippen molar-refractivity contribution in [2.45, 2.75) is 19.3 Å². The van der Waals surface area contributed by atoms with Crippen LogP contribution in [-0.4, -0.2) is 15.0 Å². The first-order chi connectivity index (χ1) is 28.5. The van der Waals surface area contributed by atoms with Gasteiger partial charge in [0.05, 0.1) is 0 Å². The average molecular weight is 744 g/mol. The number of fused-ring (bicyclic) bond motifs is 6. The Morgan fingerprint density at radius 1 is 0.362 bits per heavy atom. The minimum absolute atomic E-state index is 0.237. The molecule has 1 aliphatic rings. The molecule has 0 spiro atoms. The maximum absolute atomic E-state index is 6.61. The second-order valence-electron chi connectivity index (χ2n) is 15.6. The van der Waals surface area contributed by atoms with E-state index in [1.54, 1.807) is 0 Å². The van der Waals surface area contributed by atoms with Crippen LogP contribution in [0, 0.1) is 0 Å². The number of hydrogen-bond acceptors (Lipinski definition) is 4. The van der Waals surface area contributed by atoms with Gasteiger partial charge in [-0.3, -0.25) is 0 Å². The van der Waals surface area contributed by atoms with Gasteiger partial charge in [0.2, 0.25) is 0 Å². The Morgan fingerprint density at radius 2 is 0.862 bits per heavy atom. The van der Waals surface area contributed by atoms with Crippen molar-refractivity contribution < 1.29 is 4.42 Å². The maximum Gasteiger partial charge on any atom is 0.164 e.